The maximum atomic E-state index is 12.1. The fourth-order valence-electron chi connectivity index (χ4n) is 3.21. The number of carbonyl (C=O) groups is 2. The zero-order valence-corrected chi connectivity index (χ0v) is 11.2. The van der Waals surface area contributed by atoms with E-state index < -0.39 is 23.0 Å². The van der Waals surface area contributed by atoms with Gasteiger partial charge in [-0.15, -0.1) is 0 Å². The molecule has 5 heteroatoms. The summed E-state index contributed by atoms with van der Waals surface area (Å²) in [5, 5.41) is 9.96. The molecule has 3 atom stereocenters. The largest absolute Gasteiger partial charge is 0.374 e. The number of Topliss-reactive ketones (excluding diaryl/α,β-unsaturated/α-hetero) is 2. The third-order valence-electron chi connectivity index (χ3n) is 4.31. The van der Waals surface area contributed by atoms with Crippen molar-refractivity contribution in [2.75, 3.05) is 6.61 Å². The lowest BCUT2D eigenvalue weighted by atomic mass is 9.91. The number of aliphatic hydroxyl groups is 1. The second-order valence-electron chi connectivity index (χ2n) is 5.88. The number of ketones is 2. The molecule has 0 aromatic heterocycles. The van der Waals surface area contributed by atoms with E-state index in [2.05, 4.69) is 0 Å². The highest BCUT2D eigenvalue weighted by atomic mass is 16.7. The average Bonchev–Trinajstić information content (AvgIpc) is 2.51. The number of carbonyl (C=O) groups excluding carboxylic acids is 2. The lowest BCUT2D eigenvalue weighted by Crippen LogP contribution is -2.45. The summed E-state index contributed by atoms with van der Waals surface area (Å²) < 4.78 is 11.6. The van der Waals surface area contributed by atoms with Crippen molar-refractivity contribution < 1.29 is 24.2 Å². The molecule has 1 N–H and O–H groups in total. The molecular formula is C14H18O5. The van der Waals surface area contributed by atoms with Crippen molar-refractivity contribution in [1.82, 2.24) is 0 Å². The van der Waals surface area contributed by atoms with Gasteiger partial charge in [-0.25, -0.2) is 0 Å². The van der Waals surface area contributed by atoms with Gasteiger partial charge in [0, 0.05) is 24.0 Å². The molecule has 0 aromatic rings. The molecule has 1 unspecified atom stereocenters. The van der Waals surface area contributed by atoms with Crippen LogP contribution in [0, 0.1) is 0 Å². The van der Waals surface area contributed by atoms with Gasteiger partial charge in [0.15, 0.2) is 17.2 Å². The molecule has 104 valence electrons. The molecular weight excluding hydrogens is 248 g/mol. The molecule has 0 saturated carbocycles. The predicted octanol–water partition coefficient (Wildman–Crippen LogP) is 0.891. The first kappa shape index (κ1) is 13.0. The summed E-state index contributed by atoms with van der Waals surface area (Å²) >= 11 is 0. The first-order valence-electron chi connectivity index (χ1n) is 6.71. The van der Waals surface area contributed by atoms with Crippen LogP contribution in [0.1, 0.15) is 39.5 Å². The normalized spacial score (nSPS) is 43.0. The Morgan fingerprint density at radius 3 is 2.63 bits per heavy atom. The molecule has 3 aliphatic rings. The lowest BCUT2D eigenvalue weighted by molar-refractivity contribution is -0.275. The van der Waals surface area contributed by atoms with Crippen LogP contribution in [0.2, 0.25) is 0 Å². The van der Waals surface area contributed by atoms with Crippen LogP contribution >= 0.6 is 0 Å². The summed E-state index contributed by atoms with van der Waals surface area (Å²) in [6.45, 7) is 3.29. The Kier molecular flexibility index (Phi) is 2.71. The molecule has 1 aliphatic carbocycles. The van der Waals surface area contributed by atoms with Gasteiger partial charge in [-0.3, -0.25) is 9.59 Å². The highest BCUT2D eigenvalue weighted by Crippen LogP contribution is 2.43. The van der Waals surface area contributed by atoms with Gasteiger partial charge in [0.25, 0.3) is 0 Å². The van der Waals surface area contributed by atoms with Crippen LogP contribution in [0.25, 0.3) is 0 Å². The Hall–Kier alpha value is -1.04. The van der Waals surface area contributed by atoms with Gasteiger partial charge in [-0.1, -0.05) is 0 Å². The van der Waals surface area contributed by atoms with Crippen molar-refractivity contribution in [3.8, 4) is 0 Å². The monoisotopic (exact) mass is 266 g/mol. The van der Waals surface area contributed by atoms with Crippen LogP contribution in [0.15, 0.2) is 11.1 Å². The van der Waals surface area contributed by atoms with Crippen LogP contribution < -0.4 is 0 Å². The third kappa shape index (κ3) is 1.80. The van der Waals surface area contributed by atoms with E-state index in [9.17, 15) is 14.7 Å². The highest BCUT2D eigenvalue weighted by Gasteiger charge is 2.54. The highest BCUT2D eigenvalue weighted by molar-refractivity contribution is 6.30. The second kappa shape index (κ2) is 3.98. The van der Waals surface area contributed by atoms with Gasteiger partial charge in [0.2, 0.25) is 5.78 Å². The number of hydrogen-bond donors (Lipinski definition) is 1. The molecule has 0 aromatic carbocycles. The maximum Gasteiger partial charge on any atom is 0.200 e. The zero-order chi connectivity index (χ0) is 13.8. The predicted molar refractivity (Wildman–Crippen MR) is 65.4 cm³/mol. The number of hydrogen-bond acceptors (Lipinski definition) is 5. The topological polar surface area (TPSA) is 72.8 Å². The van der Waals surface area contributed by atoms with Crippen molar-refractivity contribution in [2.45, 2.75) is 57.0 Å². The van der Waals surface area contributed by atoms with E-state index in [1.54, 1.807) is 0 Å². The van der Waals surface area contributed by atoms with Crippen molar-refractivity contribution >= 4 is 11.6 Å². The van der Waals surface area contributed by atoms with Crippen LogP contribution in [0.4, 0.5) is 0 Å². The molecule has 3 rings (SSSR count). The summed E-state index contributed by atoms with van der Waals surface area (Å²) in [4.78, 5) is 24.1. The summed E-state index contributed by atoms with van der Waals surface area (Å²) in [6.07, 6.45) is 3.03. The van der Waals surface area contributed by atoms with Gasteiger partial charge in [0.05, 0.1) is 12.7 Å². The van der Waals surface area contributed by atoms with Crippen LogP contribution in [-0.4, -0.2) is 40.8 Å². The third-order valence-corrected chi connectivity index (χ3v) is 4.31. The fourth-order valence-corrected chi connectivity index (χ4v) is 3.21. The Morgan fingerprint density at radius 1 is 1.26 bits per heavy atom. The molecule has 2 aliphatic heterocycles. The van der Waals surface area contributed by atoms with E-state index in [4.69, 9.17) is 9.47 Å². The molecule has 1 spiro atoms. The summed E-state index contributed by atoms with van der Waals surface area (Å²) in [6, 6.07) is 0. The van der Waals surface area contributed by atoms with Gasteiger partial charge >= 0.3 is 0 Å². The van der Waals surface area contributed by atoms with E-state index in [0.717, 1.165) is 19.3 Å². The molecule has 1 fully saturated rings. The second-order valence-corrected chi connectivity index (χ2v) is 5.88. The molecule has 19 heavy (non-hydrogen) atoms. The minimum absolute atomic E-state index is 0.0583. The maximum absolute atomic E-state index is 12.1. The zero-order valence-electron chi connectivity index (χ0n) is 11.2. The van der Waals surface area contributed by atoms with Crippen LogP contribution in [0.5, 0.6) is 0 Å². The molecule has 5 nitrogen and oxygen atoms in total. The minimum atomic E-state index is -1.92. The fraction of sp³-hybridized carbons (Fsp3) is 0.714. The van der Waals surface area contributed by atoms with Crippen LogP contribution in [-0.2, 0) is 19.1 Å². The van der Waals surface area contributed by atoms with Crippen molar-refractivity contribution in [3.63, 3.8) is 0 Å². The smallest absolute Gasteiger partial charge is 0.200 e. The molecule has 2 heterocycles. The Bertz CT molecular complexity index is 490. The van der Waals surface area contributed by atoms with E-state index in [1.807, 2.05) is 6.92 Å². The SMILES string of the molecule is C[C@H]1CCCC2(CC3=C(CO2)C(=O)[C@](C)(O)C3=O)O1. The van der Waals surface area contributed by atoms with Gasteiger partial charge in [-0.05, 0) is 26.7 Å². The lowest BCUT2D eigenvalue weighted by Gasteiger charge is -2.42. The Balaban J connectivity index is 1.91. The van der Waals surface area contributed by atoms with E-state index in [-0.39, 0.29) is 19.1 Å². The first-order valence-corrected chi connectivity index (χ1v) is 6.71. The minimum Gasteiger partial charge on any atom is -0.374 e. The number of rotatable bonds is 0. The van der Waals surface area contributed by atoms with E-state index in [0.29, 0.717) is 11.1 Å². The first-order chi connectivity index (χ1) is 8.86. The van der Waals surface area contributed by atoms with Crippen LogP contribution in [0.3, 0.4) is 0 Å². The van der Waals surface area contributed by atoms with Crippen molar-refractivity contribution in [1.29, 1.82) is 0 Å². The Labute approximate surface area is 111 Å². The molecule has 1 saturated heterocycles. The summed E-state index contributed by atoms with van der Waals surface area (Å²) in [5.41, 5.74) is -1.20. The van der Waals surface area contributed by atoms with E-state index >= 15 is 0 Å². The summed E-state index contributed by atoms with van der Waals surface area (Å²) in [7, 11) is 0. The number of ether oxygens (including phenoxy) is 2. The Morgan fingerprint density at radius 2 is 1.95 bits per heavy atom. The average molecular weight is 266 g/mol. The van der Waals surface area contributed by atoms with Gasteiger partial charge in [0.1, 0.15) is 0 Å². The molecule has 0 bridgehead atoms. The molecule has 0 radical (unpaired) electrons. The van der Waals surface area contributed by atoms with E-state index in [1.165, 1.54) is 6.92 Å². The van der Waals surface area contributed by atoms with Crippen molar-refractivity contribution in [3.05, 3.63) is 11.1 Å². The quantitative estimate of drug-likeness (QED) is 0.659. The standard InChI is InChI=1S/C14H18O5/c1-8-4-3-5-14(19-8)6-9-10(7-18-14)12(16)13(2,17)11(9)15/h8,17H,3-7H2,1-2H3/t8-,13+,14?/m0/s1. The van der Waals surface area contributed by atoms with Crippen molar-refractivity contribution in [2.24, 2.45) is 0 Å². The van der Waals surface area contributed by atoms with Gasteiger partial charge < -0.3 is 14.6 Å². The van der Waals surface area contributed by atoms with Gasteiger partial charge in [-0.2, -0.15) is 0 Å². The summed E-state index contributed by atoms with van der Waals surface area (Å²) in [5.74, 6) is -1.80. The molecule has 0 amide bonds.